The van der Waals surface area contributed by atoms with Gasteiger partial charge < -0.3 is 0 Å². The zero-order chi connectivity index (χ0) is 14.8. The van der Waals surface area contributed by atoms with Gasteiger partial charge in [-0.25, -0.2) is 0 Å². The number of hydrogen-bond acceptors (Lipinski definition) is 2. The predicted octanol–water partition coefficient (Wildman–Crippen LogP) is 4.90. The van der Waals surface area contributed by atoms with Crippen LogP contribution in [0, 0.1) is 6.92 Å². The summed E-state index contributed by atoms with van der Waals surface area (Å²) in [6.45, 7) is 2.08. The molecule has 0 aliphatic rings. The Morgan fingerprint density at radius 3 is 2.48 bits per heavy atom. The van der Waals surface area contributed by atoms with Gasteiger partial charge in [0.05, 0.1) is 5.33 Å². The van der Waals surface area contributed by atoms with Crippen LogP contribution in [0.15, 0.2) is 53.0 Å². The molecule has 0 saturated heterocycles. The molecule has 0 unspecified atom stereocenters. The lowest BCUT2D eigenvalue weighted by Crippen LogP contribution is -2.02. The Morgan fingerprint density at radius 2 is 1.81 bits per heavy atom. The van der Waals surface area contributed by atoms with Crippen LogP contribution in [0.25, 0.3) is 17.1 Å². The van der Waals surface area contributed by atoms with Crippen LogP contribution in [0.1, 0.15) is 11.4 Å². The SMILES string of the molecule is Cc1cc(Br)ccc1-c1nnc(CBr)n1-c1ccccc1. The first-order valence-electron chi connectivity index (χ1n) is 6.53. The fourth-order valence-corrected chi connectivity index (χ4v) is 3.14. The topological polar surface area (TPSA) is 30.7 Å². The highest BCUT2D eigenvalue weighted by Crippen LogP contribution is 2.28. The molecule has 0 atom stereocenters. The van der Waals surface area contributed by atoms with Crippen LogP contribution in [-0.2, 0) is 5.33 Å². The van der Waals surface area contributed by atoms with E-state index < -0.39 is 0 Å². The molecular weight excluding hydrogens is 394 g/mol. The van der Waals surface area contributed by atoms with Crippen molar-refractivity contribution in [1.29, 1.82) is 0 Å². The quantitative estimate of drug-likeness (QED) is 0.579. The number of hydrogen-bond donors (Lipinski definition) is 0. The van der Waals surface area contributed by atoms with Crippen molar-refractivity contribution in [2.75, 3.05) is 0 Å². The third-order valence-corrected chi connectivity index (χ3v) is 4.29. The molecule has 1 aromatic heterocycles. The summed E-state index contributed by atoms with van der Waals surface area (Å²) in [6, 6.07) is 16.4. The summed E-state index contributed by atoms with van der Waals surface area (Å²) in [5, 5.41) is 9.35. The van der Waals surface area contributed by atoms with E-state index in [1.54, 1.807) is 0 Å². The van der Waals surface area contributed by atoms with Crippen molar-refractivity contribution in [3.8, 4) is 17.1 Å². The van der Waals surface area contributed by atoms with Crippen molar-refractivity contribution < 1.29 is 0 Å². The Hall–Kier alpha value is -1.46. The summed E-state index contributed by atoms with van der Waals surface area (Å²) in [7, 11) is 0. The van der Waals surface area contributed by atoms with E-state index in [1.165, 1.54) is 0 Å². The lowest BCUT2D eigenvalue weighted by Gasteiger charge is -2.11. The maximum absolute atomic E-state index is 4.39. The van der Waals surface area contributed by atoms with E-state index in [-0.39, 0.29) is 0 Å². The molecule has 3 aromatic rings. The molecule has 0 spiro atoms. The van der Waals surface area contributed by atoms with Gasteiger partial charge >= 0.3 is 0 Å². The van der Waals surface area contributed by atoms with Gasteiger partial charge in [0.2, 0.25) is 0 Å². The molecule has 0 aliphatic carbocycles. The average molecular weight is 407 g/mol. The molecule has 0 N–H and O–H groups in total. The first-order chi connectivity index (χ1) is 10.2. The minimum atomic E-state index is 0.657. The van der Waals surface area contributed by atoms with E-state index >= 15 is 0 Å². The zero-order valence-corrected chi connectivity index (χ0v) is 14.6. The number of halogens is 2. The summed E-state index contributed by atoms with van der Waals surface area (Å²) >= 11 is 6.99. The van der Waals surface area contributed by atoms with Crippen molar-refractivity contribution in [3.63, 3.8) is 0 Å². The Morgan fingerprint density at radius 1 is 1.05 bits per heavy atom. The lowest BCUT2D eigenvalue weighted by molar-refractivity contribution is 0.961. The van der Waals surface area contributed by atoms with Gasteiger partial charge in [-0.2, -0.15) is 0 Å². The smallest absolute Gasteiger partial charge is 0.168 e. The monoisotopic (exact) mass is 405 g/mol. The molecule has 0 fully saturated rings. The van der Waals surface area contributed by atoms with E-state index in [0.717, 1.165) is 32.9 Å². The highest BCUT2D eigenvalue weighted by atomic mass is 79.9. The van der Waals surface area contributed by atoms with E-state index in [0.29, 0.717) is 5.33 Å². The van der Waals surface area contributed by atoms with Gasteiger partial charge in [0.1, 0.15) is 5.82 Å². The second-order valence-electron chi connectivity index (χ2n) is 4.70. The first kappa shape index (κ1) is 14.5. The lowest BCUT2D eigenvalue weighted by atomic mass is 10.1. The Kier molecular flexibility index (Phi) is 4.22. The fraction of sp³-hybridized carbons (Fsp3) is 0.125. The Labute approximate surface area is 140 Å². The van der Waals surface area contributed by atoms with Crippen molar-refractivity contribution in [2.45, 2.75) is 12.3 Å². The summed E-state index contributed by atoms with van der Waals surface area (Å²) in [6.07, 6.45) is 0. The van der Waals surface area contributed by atoms with E-state index in [4.69, 9.17) is 0 Å². The Bertz CT molecular complexity index is 766. The molecule has 2 aromatic carbocycles. The predicted molar refractivity (Wildman–Crippen MR) is 91.9 cm³/mol. The summed E-state index contributed by atoms with van der Waals surface area (Å²) < 4.78 is 3.15. The van der Waals surface area contributed by atoms with Crippen LogP contribution in [-0.4, -0.2) is 14.8 Å². The number of aryl methyl sites for hydroxylation is 1. The second-order valence-corrected chi connectivity index (χ2v) is 6.18. The molecule has 1 heterocycles. The fourth-order valence-electron chi connectivity index (χ4n) is 2.30. The summed E-state index contributed by atoms with van der Waals surface area (Å²) in [5.41, 5.74) is 3.31. The second kappa shape index (κ2) is 6.12. The maximum Gasteiger partial charge on any atom is 0.168 e. The van der Waals surface area contributed by atoms with Crippen LogP contribution in [0.3, 0.4) is 0 Å². The highest BCUT2D eigenvalue weighted by molar-refractivity contribution is 9.10. The molecular formula is C16H13Br2N3. The van der Waals surface area contributed by atoms with Crippen LogP contribution in [0.2, 0.25) is 0 Å². The molecule has 3 rings (SSSR count). The first-order valence-corrected chi connectivity index (χ1v) is 8.44. The molecule has 0 aliphatic heterocycles. The van der Waals surface area contributed by atoms with Crippen molar-refractivity contribution in [1.82, 2.24) is 14.8 Å². The van der Waals surface area contributed by atoms with E-state index in [2.05, 4.69) is 77.8 Å². The third-order valence-electron chi connectivity index (χ3n) is 3.29. The van der Waals surface area contributed by atoms with Gasteiger partial charge in [0.25, 0.3) is 0 Å². The van der Waals surface area contributed by atoms with Gasteiger partial charge in [0, 0.05) is 15.7 Å². The van der Waals surface area contributed by atoms with E-state index in [9.17, 15) is 0 Å². The highest BCUT2D eigenvalue weighted by Gasteiger charge is 2.16. The summed E-state index contributed by atoms with van der Waals surface area (Å²) in [4.78, 5) is 0. The van der Waals surface area contributed by atoms with Crippen molar-refractivity contribution >= 4 is 31.9 Å². The van der Waals surface area contributed by atoms with Crippen LogP contribution < -0.4 is 0 Å². The number of nitrogens with zero attached hydrogens (tertiary/aromatic N) is 3. The zero-order valence-electron chi connectivity index (χ0n) is 11.4. The van der Waals surface area contributed by atoms with E-state index in [1.807, 2.05) is 24.3 Å². The number of rotatable bonds is 3. The average Bonchev–Trinajstić information content (AvgIpc) is 2.92. The number of aromatic nitrogens is 3. The molecule has 5 heteroatoms. The molecule has 21 heavy (non-hydrogen) atoms. The summed E-state index contributed by atoms with van der Waals surface area (Å²) in [5.74, 6) is 1.75. The molecule has 0 bridgehead atoms. The van der Waals surface area contributed by atoms with Gasteiger partial charge in [-0.1, -0.05) is 50.1 Å². The molecule has 106 valence electrons. The van der Waals surface area contributed by atoms with Crippen molar-refractivity contribution in [2.24, 2.45) is 0 Å². The van der Waals surface area contributed by atoms with Crippen molar-refractivity contribution in [3.05, 3.63) is 64.4 Å². The van der Waals surface area contributed by atoms with Crippen LogP contribution >= 0.6 is 31.9 Å². The standard InChI is InChI=1S/C16H13Br2N3/c1-11-9-12(18)7-8-14(11)16-20-19-15(10-17)21(16)13-5-3-2-4-6-13/h2-9H,10H2,1H3. The van der Waals surface area contributed by atoms with Gasteiger partial charge in [-0.15, -0.1) is 10.2 Å². The molecule has 3 nitrogen and oxygen atoms in total. The molecule has 0 saturated carbocycles. The maximum atomic E-state index is 4.39. The van der Waals surface area contributed by atoms with Gasteiger partial charge in [-0.3, -0.25) is 4.57 Å². The number of alkyl halides is 1. The molecule has 0 radical (unpaired) electrons. The number of benzene rings is 2. The Balaban J connectivity index is 2.22. The normalized spacial score (nSPS) is 10.8. The minimum Gasteiger partial charge on any atom is -0.278 e. The largest absolute Gasteiger partial charge is 0.278 e. The molecule has 0 amide bonds. The minimum absolute atomic E-state index is 0.657. The van der Waals surface area contributed by atoms with Crippen LogP contribution in [0.4, 0.5) is 0 Å². The van der Waals surface area contributed by atoms with Gasteiger partial charge in [-0.05, 0) is 42.8 Å². The van der Waals surface area contributed by atoms with Crippen LogP contribution in [0.5, 0.6) is 0 Å². The van der Waals surface area contributed by atoms with Gasteiger partial charge in [0.15, 0.2) is 5.82 Å². The third kappa shape index (κ3) is 2.80. The number of para-hydroxylation sites is 1.